The molecule has 17 heavy (non-hydrogen) atoms. The van der Waals surface area contributed by atoms with Crippen LogP contribution < -0.4 is 10.6 Å². The lowest BCUT2D eigenvalue weighted by Gasteiger charge is -2.13. The third kappa shape index (κ3) is 4.19. The molecule has 0 fully saturated rings. The predicted molar refractivity (Wildman–Crippen MR) is 70.3 cm³/mol. The van der Waals surface area contributed by atoms with Crippen molar-refractivity contribution in [1.82, 2.24) is 9.97 Å². The molecule has 0 spiro atoms. The minimum Gasteiger partial charge on any atom is -0.393 e. The zero-order chi connectivity index (χ0) is 12.7. The highest BCUT2D eigenvalue weighted by molar-refractivity contribution is 5.56. The second-order valence-corrected chi connectivity index (χ2v) is 4.00. The lowest BCUT2D eigenvalue weighted by molar-refractivity contribution is 0.164. The smallest absolute Gasteiger partial charge is 0.134 e. The minimum absolute atomic E-state index is 0.238. The zero-order valence-corrected chi connectivity index (χ0v) is 10.8. The summed E-state index contributed by atoms with van der Waals surface area (Å²) in [5.74, 6) is 1.69. The van der Waals surface area contributed by atoms with E-state index in [0.29, 0.717) is 0 Å². The van der Waals surface area contributed by atoms with Crippen LogP contribution in [0.15, 0.2) is 6.33 Å². The number of aliphatic hydroxyl groups is 1. The van der Waals surface area contributed by atoms with E-state index in [1.165, 1.54) is 0 Å². The summed E-state index contributed by atoms with van der Waals surface area (Å²) >= 11 is 0. The van der Waals surface area contributed by atoms with Gasteiger partial charge in [0.2, 0.25) is 0 Å². The SMILES string of the molecule is CCNc1ncnc(NCCC(O)CC)c1C. The van der Waals surface area contributed by atoms with Gasteiger partial charge in [-0.15, -0.1) is 0 Å². The van der Waals surface area contributed by atoms with Crippen LogP contribution in [0.2, 0.25) is 0 Å². The summed E-state index contributed by atoms with van der Waals surface area (Å²) < 4.78 is 0. The Bertz CT molecular complexity index is 343. The molecule has 1 heterocycles. The van der Waals surface area contributed by atoms with E-state index in [4.69, 9.17) is 0 Å². The Morgan fingerprint density at radius 2 is 1.88 bits per heavy atom. The molecular formula is C12H22N4O. The number of nitrogens with one attached hydrogen (secondary N) is 2. The van der Waals surface area contributed by atoms with Gasteiger partial charge in [0.25, 0.3) is 0 Å². The average Bonchev–Trinajstić information content (AvgIpc) is 2.33. The highest BCUT2D eigenvalue weighted by Crippen LogP contribution is 2.17. The summed E-state index contributed by atoms with van der Waals surface area (Å²) in [6.07, 6.45) is 2.82. The molecule has 0 bridgehead atoms. The molecule has 0 saturated carbocycles. The Hall–Kier alpha value is -1.36. The molecule has 0 radical (unpaired) electrons. The van der Waals surface area contributed by atoms with Gasteiger partial charge in [0.05, 0.1) is 6.10 Å². The van der Waals surface area contributed by atoms with Crippen molar-refractivity contribution in [2.24, 2.45) is 0 Å². The molecule has 1 atom stereocenters. The number of aliphatic hydroxyl groups excluding tert-OH is 1. The molecule has 1 unspecified atom stereocenters. The molecule has 5 nitrogen and oxygen atoms in total. The average molecular weight is 238 g/mol. The largest absolute Gasteiger partial charge is 0.393 e. The van der Waals surface area contributed by atoms with Crippen LogP contribution in [-0.4, -0.2) is 34.3 Å². The predicted octanol–water partition coefficient (Wildman–Crippen LogP) is 1.79. The number of rotatable bonds is 7. The maximum atomic E-state index is 9.46. The van der Waals surface area contributed by atoms with Crippen LogP contribution in [0.1, 0.15) is 32.3 Å². The van der Waals surface area contributed by atoms with Crippen molar-refractivity contribution in [1.29, 1.82) is 0 Å². The van der Waals surface area contributed by atoms with Crippen LogP contribution in [0, 0.1) is 6.92 Å². The number of hydrogen-bond acceptors (Lipinski definition) is 5. The van der Waals surface area contributed by atoms with Gasteiger partial charge in [0.1, 0.15) is 18.0 Å². The number of nitrogens with zero attached hydrogens (tertiary/aromatic N) is 2. The molecule has 0 aliphatic rings. The van der Waals surface area contributed by atoms with Gasteiger partial charge in [0, 0.05) is 18.7 Å². The van der Waals surface area contributed by atoms with Crippen LogP contribution in [0.5, 0.6) is 0 Å². The van der Waals surface area contributed by atoms with Gasteiger partial charge in [-0.2, -0.15) is 0 Å². The number of anilines is 2. The molecule has 3 N–H and O–H groups in total. The fourth-order valence-electron chi connectivity index (χ4n) is 1.54. The van der Waals surface area contributed by atoms with Crippen LogP contribution in [0.4, 0.5) is 11.6 Å². The van der Waals surface area contributed by atoms with E-state index >= 15 is 0 Å². The minimum atomic E-state index is -0.238. The Kier molecular flexibility index (Phi) is 5.69. The van der Waals surface area contributed by atoms with Gasteiger partial charge < -0.3 is 15.7 Å². The molecular weight excluding hydrogens is 216 g/mol. The van der Waals surface area contributed by atoms with Crippen molar-refractivity contribution >= 4 is 11.6 Å². The first-order valence-electron chi connectivity index (χ1n) is 6.16. The first-order chi connectivity index (χ1) is 8.19. The summed E-state index contributed by atoms with van der Waals surface area (Å²) in [7, 11) is 0. The quantitative estimate of drug-likeness (QED) is 0.675. The summed E-state index contributed by atoms with van der Waals surface area (Å²) in [6.45, 7) is 7.55. The second-order valence-electron chi connectivity index (χ2n) is 4.00. The van der Waals surface area contributed by atoms with Crippen LogP contribution in [-0.2, 0) is 0 Å². The lowest BCUT2D eigenvalue weighted by Crippen LogP contribution is -2.14. The molecule has 0 amide bonds. The van der Waals surface area contributed by atoms with Crippen molar-refractivity contribution in [2.75, 3.05) is 23.7 Å². The topological polar surface area (TPSA) is 70.1 Å². The molecule has 0 aliphatic heterocycles. The van der Waals surface area contributed by atoms with Gasteiger partial charge in [-0.1, -0.05) is 6.92 Å². The molecule has 1 rings (SSSR count). The zero-order valence-electron chi connectivity index (χ0n) is 10.8. The fourth-order valence-corrected chi connectivity index (χ4v) is 1.54. The Balaban J connectivity index is 2.56. The van der Waals surface area contributed by atoms with Crippen molar-refractivity contribution < 1.29 is 5.11 Å². The third-order valence-corrected chi connectivity index (χ3v) is 2.67. The van der Waals surface area contributed by atoms with E-state index in [1.54, 1.807) is 6.33 Å². The van der Waals surface area contributed by atoms with E-state index in [9.17, 15) is 5.11 Å². The van der Waals surface area contributed by atoms with E-state index < -0.39 is 0 Å². The van der Waals surface area contributed by atoms with E-state index in [-0.39, 0.29) is 6.10 Å². The van der Waals surface area contributed by atoms with Gasteiger partial charge in [-0.05, 0) is 26.7 Å². The molecule has 5 heteroatoms. The van der Waals surface area contributed by atoms with Crippen molar-refractivity contribution in [3.63, 3.8) is 0 Å². The first-order valence-corrected chi connectivity index (χ1v) is 6.16. The van der Waals surface area contributed by atoms with Gasteiger partial charge in [0.15, 0.2) is 0 Å². The highest BCUT2D eigenvalue weighted by atomic mass is 16.3. The molecule has 1 aromatic rings. The van der Waals surface area contributed by atoms with Crippen LogP contribution in [0.3, 0.4) is 0 Å². The van der Waals surface area contributed by atoms with Crippen molar-refractivity contribution in [3.05, 3.63) is 11.9 Å². The summed E-state index contributed by atoms with van der Waals surface area (Å²) in [6, 6.07) is 0. The van der Waals surface area contributed by atoms with Crippen LogP contribution in [0.25, 0.3) is 0 Å². The lowest BCUT2D eigenvalue weighted by atomic mass is 10.2. The third-order valence-electron chi connectivity index (χ3n) is 2.67. The summed E-state index contributed by atoms with van der Waals surface area (Å²) in [5.41, 5.74) is 1.01. The van der Waals surface area contributed by atoms with Crippen LogP contribution >= 0.6 is 0 Å². The summed E-state index contributed by atoms with van der Waals surface area (Å²) in [4.78, 5) is 8.38. The number of aromatic nitrogens is 2. The molecule has 0 aliphatic carbocycles. The fraction of sp³-hybridized carbons (Fsp3) is 0.667. The first kappa shape index (κ1) is 13.7. The molecule has 0 aromatic carbocycles. The monoisotopic (exact) mass is 238 g/mol. The standard InChI is InChI=1S/C12H22N4O/c1-4-10(17)6-7-14-12-9(3)11(13-5-2)15-8-16-12/h8,10,17H,4-7H2,1-3H3,(H2,13,14,15,16). The maximum absolute atomic E-state index is 9.46. The van der Waals surface area contributed by atoms with Crippen molar-refractivity contribution in [3.8, 4) is 0 Å². The van der Waals surface area contributed by atoms with E-state index in [2.05, 4.69) is 20.6 Å². The van der Waals surface area contributed by atoms with Crippen molar-refractivity contribution in [2.45, 2.75) is 39.7 Å². The van der Waals surface area contributed by atoms with Gasteiger partial charge in [-0.25, -0.2) is 9.97 Å². The Morgan fingerprint density at radius 1 is 1.24 bits per heavy atom. The maximum Gasteiger partial charge on any atom is 0.134 e. The normalized spacial score (nSPS) is 12.2. The Labute approximate surface area is 103 Å². The molecule has 96 valence electrons. The van der Waals surface area contributed by atoms with Gasteiger partial charge >= 0.3 is 0 Å². The second kappa shape index (κ2) is 7.06. The molecule has 0 saturated heterocycles. The number of hydrogen-bond donors (Lipinski definition) is 3. The van der Waals surface area contributed by atoms with Gasteiger partial charge in [-0.3, -0.25) is 0 Å². The highest BCUT2D eigenvalue weighted by Gasteiger charge is 2.06. The summed E-state index contributed by atoms with van der Waals surface area (Å²) in [5, 5.41) is 15.9. The Morgan fingerprint density at radius 3 is 2.47 bits per heavy atom. The van der Waals surface area contributed by atoms with E-state index in [1.807, 2.05) is 20.8 Å². The van der Waals surface area contributed by atoms with E-state index in [0.717, 1.165) is 43.1 Å². The molecule has 1 aromatic heterocycles.